The molecule has 0 bridgehead atoms. The van der Waals surface area contributed by atoms with Crippen LogP contribution < -0.4 is 0 Å². The topological polar surface area (TPSA) is 20.3 Å². The van der Waals surface area contributed by atoms with Gasteiger partial charge in [0.1, 0.15) is 5.82 Å². The molecule has 2 nitrogen and oxygen atoms in total. The van der Waals surface area contributed by atoms with Crippen LogP contribution in [0.25, 0.3) is 0 Å². The summed E-state index contributed by atoms with van der Waals surface area (Å²) in [6, 6.07) is 3.11. The van der Waals surface area contributed by atoms with E-state index in [1.165, 1.54) is 13.0 Å². The lowest BCUT2D eigenvalue weighted by atomic mass is 10.1. The van der Waals surface area contributed by atoms with Crippen molar-refractivity contribution in [1.82, 2.24) is 5.34 Å². The van der Waals surface area contributed by atoms with Gasteiger partial charge in [-0.3, -0.25) is 4.79 Å². The molecule has 0 unspecified atom stereocenters. The minimum atomic E-state index is -1.58. The van der Waals surface area contributed by atoms with E-state index in [2.05, 4.69) is 0 Å². The molecule has 0 aliphatic rings. The third kappa shape index (κ3) is 2.21. The molecule has 13 heavy (non-hydrogen) atoms. The molecule has 0 spiro atoms. The second-order valence-electron chi connectivity index (χ2n) is 2.56. The maximum atomic E-state index is 12.6. The van der Waals surface area contributed by atoms with E-state index >= 15 is 0 Å². The highest BCUT2D eigenvalue weighted by molar-refractivity contribution is 5.92. The van der Waals surface area contributed by atoms with Gasteiger partial charge in [-0.15, -0.1) is 0 Å². The first-order valence-corrected chi connectivity index (χ1v) is 3.44. The van der Waals surface area contributed by atoms with E-state index in [9.17, 15) is 18.1 Å². The van der Waals surface area contributed by atoms with Crippen LogP contribution in [-0.2, 0) is 0 Å². The fourth-order valence-corrected chi connectivity index (χ4v) is 0.957. The molecular weight excluding hydrogens is 183 g/mol. The van der Waals surface area contributed by atoms with Gasteiger partial charge in [-0.2, -0.15) is 0 Å². The zero-order valence-electron chi connectivity index (χ0n) is 6.72. The Morgan fingerprint density at radius 2 is 1.92 bits per heavy atom. The lowest BCUT2D eigenvalue weighted by Gasteiger charge is -2.02. The summed E-state index contributed by atoms with van der Waals surface area (Å²) in [4.78, 5) is 10.7. The fourth-order valence-electron chi connectivity index (χ4n) is 0.957. The molecule has 70 valence electrons. The largest absolute Gasteiger partial charge is 0.314 e. The quantitative estimate of drug-likeness (QED) is 0.621. The highest BCUT2D eigenvalue weighted by Crippen LogP contribution is 2.11. The van der Waals surface area contributed by atoms with Gasteiger partial charge in [0, 0.05) is 10.9 Å². The molecule has 5 heteroatoms. The lowest BCUT2D eigenvalue weighted by molar-refractivity contribution is -0.108. The van der Waals surface area contributed by atoms with Crippen LogP contribution >= 0.6 is 0 Å². The fraction of sp³-hybridized carbons (Fsp3) is 0.125. The average molecular weight is 189 g/mol. The molecular formula is C8H6F3NO. The van der Waals surface area contributed by atoms with Crippen LogP contribution in [0.2, 0.25) is 0 Å². The molecule has 1 aromatic rings. The number of hydrogen-bond donors (Lipinski definition) is 0. The molecule has 0 saturated carbocycles. The maximum absolute atomic E-state index is 12.6. The van der Waals surface area contributed by atoms with Crippen LogP contribution in [0.15, 0.2) is 18.2 Å². The van der Waals surface area contributed by atoms with Gasteiger partial charge in [0.05, 0.1) is 0 Å². The van der Waals surface area contributed by atoms with Crippen LogP contribution in [0.5, 0.6) is 0 Å². The Morgan fingerprint density at radius 1 is 1.31 bits per heavy atom. The van der Waals surface area contributed by atoms with Gasteiger partial charge < -0.3 is 0 Å². The average Bonchev–Trinajstić information content (AvgIpc) is 2.01. The number of carbonyl (C=O) groups is 1. The van der Waals surface area contributed by atoms with Crippen molar-refractivity contribution in [3.05, 3.63) is 35.1 Å². The van der Waals surface area contributed by atoms with Crippen molar-refractivity contribution < 1.29 is 18.1 Å². The first-order valence-electron chi connectivity index (χ1n) is 3.44. The molecule has 0 radical (unpaired) electrons. The van der Waals surface area contributed by atoms with Crippen LogP contribution in [0.3, 0.4) is 0 Å². The predicted molar refractivity (Wildman–Crippen MR) is 39.5 cm³/mol. The molecule has 0 aliphatic carbocycles. The Labute approximate surface area is 72.4 Å². The molecule has 0 N–H and O–H groups in total. The molecule has 0 fully saturated rings. The number of amides is 1. The van der Waals surface area contributed by atoms with E-state index in [0.29, 0.717) is 5.56 Å². The lowest BCUT2D eigenvalue weighted by Crippen LogP contribution is -2.13. The Kier molecular flexibility index (Phi) is 2.55. The molecule has 0 atom stereocenters. The van der Waals surface area contributed by atoms with Gasteiger partial charge in [-0.05, 0) is 30.7 Å². The van der Waals surface area contributed by atoms with Crippen molar-refractivity contribution >= 4 is 5.91 Å². The zero-order chi connectivity index (χ0) is 10.0. The molecule has 0 heterocycles. The van der Waals surface area contributed by atoms with Crippen molar-refractivity contribution in [1.29, 1.82) is 0 Å². The van der Waals surface area contributed by atoms with Gasteiger partial charge in [0.2, 0.25) is 0 Å². The number of benzene rings is 1. The van der Waals surface area contributed by atoms with E-state index < -0.39 is 17.1 Å². The maximum Gasteiger partial charge on any atom is 0.314 e. The van der Waals surface area contributed by atoms with E-state index in [0.717, 1.165) is 12.1 Å². The summed E-state index contributed by atoms with van der Waals surface area (Å²) < 4.78 is 36.1. The van der Waals surface area contributed by atoms with Gasteiger partial charge in [-0.1, -0.05) is 8.96 Å². The molecule has 0 aromatic heterocycles. The monoisotopic (exact) mass is 189 g/mol. The first kappa shape index (κ1) is 9.57. The van der Waals surface area contributed by atoms with E-state index in [1.807, 2.05) is 0 Å². The van der Waals surface area contributed by atoms with Crippen molar-refractivity contribution in [3.63, 3.8) is 0 Å². The first-order chi connectivity index (χ1) is 6.00. The minimum Gasteiger partial charge on any atom is -0.263 e. The summed E-state index contributed by atoms with van der Waals surface area (Å²) >= 11 is 0. The van der Waals surface area contributed by atoms with Crippen molar-refractivity contribution in [3.8, 4) is 0 Å². The van der Waals surface area contributed by atoms with E-state index in [-0.39, 0.29) is 5.56 Å². The van der Waals surface area contributed by atoms with Crippen molar-refractivity contribution in [2.75, 3.05) is 0 Å². The summed E-state index contributed by atoms with van der Waals surface area (Å²) in [5.74, 6) is -2.22. The standard InChI is InChI=1S/C8H6F3NO/c1-5-2-6(4-7(9)3-5)8(13)12(10)11/h2-4H,1H3. The van der Waals surface area contributed by atoms with E-state index in [4.69, 9.17) is 0 Å². The Morgan fingerprint density at radius 3 is 2.38 bits per heavy atom. The number of halogens is 3. The Bertz CT molecular complexity index is 318. The van der Waals surface area contributed by atoms with Crippen molar-refractivity contribution in [2.24, 2.45) is 0 Å². The van der Waals surface area contributed by atoms with Gasteiger partial charge in [0.15, 0.2) is 0 Å². The summed E-state index contributed by atoms with van der Waals surface area (Å²) in [7, 11) is 0. The van der Waals surface area contributed by atoms with E-state index in [1.54, 1.807) is 0 Å². The van der Waals surface area contributed by atoms with Gasteiger partial charge in [0.25, 0.3) is 0 Å². The summed E-state index contributed by atoms with van der Waals surface area (Å²) in [6.07, 6.45) is 0. The van der Waals surface area contributed by atoms with Crippen LogP contribution in [0.4, 0.5) is 13.4 Å². The SMILES string of the molecule is Cc1cc(F)cc(C(=O)N(F)F)c1. The van der Waals surface area contributed by atoms with Gasteiger partial charge >= 0.3 is 5.91 Å². The third-order valence-electron chi connectivity index (χ3n) is 1.44. The summed E-state index contributed by atoms with van der Waals surface area (Å²) in [5.41, 5.74) is 0.0627. The van der Waals surface area contributed by atoms with Crippen LogP contribution in [0.1, 0.15) is 15.9 Å². The smallest absolute Gasteiger partial charge is 0.263 e. The zero-order valence-corrected chi connectivity index (χ0v) is 6.72. The number of carbonyl (C=O) groups excluding carboxylic acids is 1. The second kappa shape index (κ2) is 3.47. The molecule has 1 aromatic carbocycles. The number of aryl methyl sites for hydroxylation is 1. The third-order valence-corrected chi connectivity index (χ3v) is 1.44. The Hall–Kier alpha value is -1.52. The number of nitrogens with zero attached hydrogens (tertiary/aromatic N) is 1. The summed E-state index contributed by atoms with van der Waals surface area (Å²) in [5, 5.41) is -1.58. The molecule has 0 saturated heterocycles. The highest BCUT2D eigenvalue weighted by Gasteiger charge is 2.15. The second-order valence-corrected chi connectivity index (χ2v) is 2.56. The highest BCUT2D eigenvalue weighted by atomic mass is 19.4. The number of hydrogen-bond acceptors (Lipinski definition) is 1. The van der Waals surface area contributed by atoms with Crippen LogP contribution in [-0.4, -0.2) is 11.3 Å². The predicted octanol–water partition coefficient (Wildman–Crippen LogP) is 2.35. The van der Waals surface area contributed by atoms with Crippen molar-refractivity contribution in [2.45, 2.75) is 6.92 Å². The number of rotatable bonds is 1. The van der Waals surface area contributed by atoms with Crippen LogP contribution in [0, 0.1) is 12.7 Å². The van der Waals surface area contributed by atoms with Gasteiger partial charge in [-0.25, -0.2) is 4.39 Å². The Balaban J connectivity index is 3.08. The molecule has 1 amide bonds. The molecule has 1 rings (SSSR count). The minimum absolute atomic E-state index is 0.359. The molecule has 0 aliphatic heterocycles. The normalized spacial score (nSPS) is 9.85. The summed E-state index contributed by atoms with van der Waals surface area (Å²) in [6.45, 7) is 1.51.